The first-order chi connectivity index (χ1) is 17.4. The second-order valence-corrected chi connectivity index (χ2v) is 9.71. The van der Waals surface area contributed by atoms with Crippen molar-refractivity contribution in [1.29, 1.82) is 0 Å². The van der Waals surface area contributed by atoms with Gasteiger partial charge in [-0.25, -0.2) is 0 Å². The van der Waals surface area contributed by atoms with Crippen molar-refractivity contribution in [3.05, 3.63) is 89.0 Å². The van der Waals surface area contributed by atoms with Crippen LogP contribution in [-0.4, -0.2) is 36.5 Å². The monoisotopic (exact) mass is 484 g/mol. The fraction of sp³-hybridized carbons (Fsp3) is 0.333. The summed E-state index contributed by atoms with van der Waals surface area (Å²) < 4.78 is 11.2. The number of hydrogen-bond acceptors (Lipinski definition) is 4. The summed E-state index contributed by atoms with van der Waals surface area (Å²) in [5.74, 6) is 1.50. The number of rotatable bonds is 7. The number of amides is 2. The Morgan fingerprint density at radius 2 is 1.67 bits per heavy atom. The summed E-state index contributed by atoms with van der Waals surface area (Å²) in [7, 11) is 1.60. The van der Waals surface area contributed by atoms with Gasteiger partial charge in [-0.05, 0) is 86.2 Å². The average Bonchev–Trinajstić information content (AvgIpc) is 3.74. The molecule has 1 heterocycles. The zero-order chi connectivity index (χ0) is 25.2. The second-order valence-electron chi connectivity index (χ2n) is 9.71. The van der Waals surface area contributed by atoms with Crippen LogP contribution in [-0.2, 0) is 16.0 Å². The maximum atomic E-state index is 13.2. The molecule has 186 valence electrons. The smallest absolute Gasteiger partial charge is 0.265 e. The van der Waals surface area contributed by atoms with Crippen LogP contribution in [0, 0.1) is 12.8 Å². The van der Waals surface area contributed by atoms with Gasteiger partial charge in [-0.2, -0.15) is 0 Å². The van der Waals surface area contributed by atoms with Crippen LogP contribution < -0.4 is 14.8 Å². The van der Waals surface area contributed by atoms with Crippen LogP contribution in [0.5, 0.6) is 11.5 Å². The van der Waals surface area contributed by atoms with Gasteiger partial charge in [0.25, 0.3) is 5.91 Å². The van der Waals surface area contributed by atoms with Crippen molar-refractivity contribution in [3.8, 4) is 11.5 Å². The van der Waals surface area contributed by atoms with Crippen molar-refractivity contribution in [2.75, 3.05) is 19.0 Å². The molecule has 0 aromatic heterocycles. The van der Waals surface area contributed by atoms with E-state index < -0.39 is 6.10 Å². The predicted octanol–water partition coefficient (Wildman–Crippen LogP) is 5.29. The Morgan fingerprint density at radius 3 is 2.33 bits per heavy atom. The lowest BCUT2D eigenvalue weighted by Gasteiger charge is -2.38. The normalized spacial score (nSPS) is 17.6. The van der Waals surface area contributed by atoms with E-state index in [9.17, 15) is 9.59 Å². The number of methoxy groups -OCH3 is 1. The summed E-state index contributed by atoms with van der Waals surface area (Å²) >= 11 is 0. The van der Waals surface area contributed by atoms with Crippen LogP contribution in [0.2, 0.25) is 0 Å². The van der Waals surface area contributed by atoms with E-state index >= 15 is 0 Å². The first-order valence-corrected chi connectivity index (χ1v) is 12.5. The van der Waals surface area contributed by atoms with Crippen molar-refractivity contribution in [2.24, 2.45) is 5.92 Å². The zero-order valence-electron chi connectivity index (χ0n) is 21.0. The minimum absolute atomic E-state index is 0.153. The number of aryl methyl sites for hydroxylation is 1. The lowest BCUT2D eigenvalue weighted by atomic mass is 9.87. The van der Waals surface area contributed by atoms with Gasteiger partial charge in [-0.3, -0.25) is 9.59 Å². The van der Waals surface area contributed by atoms with Gasteiger partial charge in [0, 0.05) is 18.2 Å². The molecule has 3 aromatic rings. The van der Waals surface area contributed by atoms with E-state index in [4.69, 9.17) is 9.47 Å². The third-order valence-electron chi connectivity index (χ3n) is 6.99. The molecule has 2 amide bonds. The van der Waals surface area contributed by atoms with Crippen LogP contribution in [0.4, 0.5) is 5.69 Å². The molecule has 1 saturated carbocycles. The number of anilines is 1. The van der Waals surface area contributed by atoms with Crippen molar-refractivity contribution in [3.63, 3.8) is 0 Å². The molecule has 1 N–H and O–H groups in total. The fourth-order valence-corrected chi connectivity index (χ4v) is 4.75. The Morgan fingerprint density at radius 1 is 0.972 bits per heavy atom. The number of fused-ring (bicyclic) bond motifs is 1. The average molecular weight is 485 g/mol. The number of carbonyl (C=O) groups excluding carboxylic acids is 2. The summed E-state index contributed by atoms with van der Waals surface area (Å²) in [6.45, 7) is 4.51. The highest BCUT2D eigenvalue weighted by molar-refractivity contribution is 5.94. The second kappa shape index (κ2) is 10.1. The van der Waals surface area contributed by atoms with Gasteiger partial charge in [0.2, 0.25) is 5.91 Å². The summed E-state index contributed by atoms with van der Waals surface area (Å²) in [6, 6.07) is 21.4. The topological polar surface area (TPSA) is 67.9 Å². The van der Waals surface area contributed by atoms with Gasteiger partial charge in [0.1, 0.15) is 11.5 Å². The number of carbonyl (C=O) groups is 2. The van der Waals surface area contributed by atoms with Crippen molar-refractivity contribution >= 4 is 17.5 Å². The third-order valence-corrected chi connectivity index (χ3v) is 6.99. The molecule has 0 saturated heterocycles. The standard InChI is InChI=1S/C30H32N2O4/c1-19-4-6-22(7-5-19)28-27-18-26(13-10-21(27)16-17-32(28)30(34)23-8-9-23)36-20(2)29(33)31-24-11-14-25(35-3)15-12-24/h4-7,10-15,18,20,23,28H,8-9,16-17H2,1-3H3,(H,31,33)/t20-,28-/m1/s1. The maximum Gasteiger partial charge on any atom is 0.265 e. The first-order valence-electron chi connectivity index (χ1n) is 12.5. The number of ether oxygens (including phenoxy) is 2. The molecule has 0 radical (unpaired) electrons. The predicted molar refractivity (Wildman–Crippen MR) is 139 cm³/mol. The minimum Gasteiger partial charge on any atom is -0.497 e. The summed E-state index contributed by atoms with van der Waals surface area (Å²) in [5, 5.41) is 2.88. The van der Waals surface area contributed by atoms with E-state index in [0.717, 1.165) is 36.1 Å². The highest BCUT2D eigenvalue weighted by Crippen LogP contribution is 2.41. The fourth-order valence-electron chi connectivity index (χ4n) is 4.75. The van der Waals surface area contributed by atoms with E-state index in [2.05, 4.69) is 42.6 Å². The SMILES string of the molecule is COc1ccc(NC(=O)[C@@H](C)Oc2ccc3c(c2)[C@@H](c2ccc(C)cc2)N(C(=O)C2CC2)CC3)cc1. The molecule has 1 fully saturated rings. The Balaban J connectivity index is 1.38. The van der Waals surface area contributed by atoms with Crippen LogP contribution >= 0.6 is 0 Å². The number of benzene rings is 3. The Hall–Kier alpha value is -3.80. The van der Waals surface area contributed by atoms with Gasteiger partial charge < -0.3 is 19.7 Å². The molecule has 36 heavy (non-hydrogen) atoms. The quantitative estimate of drug-likeness (QED) is 0.495. The molecule has 0 spiro atoms. The summed E-state index contributed by atoms with van der Waals surface area (Å²) in [6.07, 6.45) is 2.07. The van der Waals surface area contributed by atoms with Crippen LogP contribution in [0.3, 0.4) is 0 Å². The van der Waals surface area contributed by atoms with Crippen molar-refractivity contribution in [1.82, 2.24) is 4.90 Å². The molecule has 5 rings (SSSR count). The van der Waals surface area contributed by atoms with E-state index in [0.29, 0.717) is 18.0 Å². The zero-order valence-corrected chi connectivity index (χ0v) is 21.0. The number of hydrogen-bond donors (Lipinski definition) is 1. The molecule has 6 nitrogen and oxygen atoms in total. The Bertz CT molecular complexity index is 1250. The van der Waals surface area contributed by atoms with Crippen LogP contribution in [0.15, 0.2) is 66.7 Å². The highest BCUT2D eigenvalue weighted by Gasteiger charge is 2.39. The first kappa shape index (κ1) is 23.9. The molecule has 2 aliphatic rings. The molecule has 1 aliphatic heterocycles. The van der Waals surface area contributed by atoms with Crippen LogP contribution in [0.25, 0.3) is 0 Å². The van der Waals surface area contributed by atoms with Gasteiger partial charge in [0.05, 0.1) is 13.2 Å². The summed E-state index contributed by atoms with van der Waals surface area (Å²) in [5.41, 5.74) is 5.24. The van der Waals surface area contributed by atoms with Crippen molar-refractivity contribution < 1.29 is 19.1 Å². The lowest BCUT2D eigenvalue weighted by molar-refractivity contribution is -0.134. The van der Waals surface area contributed by atoms with Crippen LogP contribution in [0.1, 0.15) is 48.1 Å². The molecular weight excluding hydrogens is 452 g/mol. The molecule has 6 heteroatoms. The third kappa shape index (κ3) is 5.08. The van der Waals surface area contributed by atoms with E-state index in [1.54, 1.807) is 38.3 Å². The highest BCUT2D eigenvalue weighted by atomic mass is 16.5. The van der Waals surface area contributed by atoms with E-state index in [1.807, 2.05) is 17.0 Å². The van der Waals surface area contributed by atoms with E-state index in [1.165, 1.54) is 11.1 Å². The molecule has 1 aliphatic carbocycles. The van der Waals surface area contributed by atoms with Gasteiger partial charge in [-0.15, -0.1) is 0 Å². The lowest BCUT2D eigenvalue weighted by Crippen LogP contribution is -2.41. The van der Waals surface area contributed by atoms with Gasteiger partial charge >= 0.3 is 0 Å². The molecule has 2 atom stereocenters. The Kier molecular flexibility index (Phi) is 6.68. The van der Waals surface area contributed by atoms with E-state index in [-0.39, 0.29) is 23.8 Å². The van der Waals surface area contributed by atoms with Crippen molar-refractivity contribution in [2.45, 2.75) is 45.3 Å². The summed E-state index contributed by atoms with van der Waals surface area (Å²) in [4.78, 5) is 28.0. The largest absolute Gasteiger partial charge is 0.497 e. The Labute approximate surface area is 212 Å². The minimum atomic E-state index is -0.698. The van der Waals surface area contributed by atoms with Gasteiger partial charge in [0.15, 0.2) is 6.10 Å². The maximum absolute atomic E-state index is 13.2. The number of nitrogens with one attached hydrogen (secondary N) is 1. The number of nitrogens with zero attached hydrogens (tertiary/aromatic N) is 1. The molecule has 0 bridgehead atoms. The molecule has 3 aromatic carbocycles. The molecule has 0 unspecified atom stereocenters. The van der Waals surface area contributed by atoms with Gasteiger partial charge in [-0.1, -0.05) is 35.9 Å². The molecular formula is C30H32N2O4.